The molecule has 8 heteroatoms. The molecule has 2 saturated heterocycles. The number of rotatable bonds is 3. The Labute approximate surface area is 158 Å². The second-order valence-electron chi connectivity index (χ2n) is 7.24. The summed E-state index contributed by atoms with van der Waals surface area (Å²) in [5.74, 6) is -1.67. The standard InChI is InChI=1S/C20H18F4N2O2/c1-10-7-11(5-6-25-10)16-17(15-9-14(21)18(16)28-15)19(27)26-13-4-2-3-12(8-13)20(22,23)24/h2-8,14-18H,9H2,1H3,(H,26,27)/t14-,15-,16-,17-,18+/m1/s1. The summed E-state index contributed by atoms with van der Waals surface area (Å²) in [6.07, 6.45) is -5.35. The van der Waals surface area contributed by atoms with Gasteiger partial charge in [-0.2, -0.15) is 13.2 Å². The maximum Gasteiger partial charge on any atom is 0.416 e. The third-order valence-electron chi connectivity index (χ3n) is 5.35. The zero-order valence-corrected chi connectivity index (χ0v) is 14.9. The Balaban J connectivity index is 1.61. The first kappa shape index (κ1) is 18.9. The number of fused-ring (bicyclic) bond motifs is 2. The molecule has 2 aromatic rings. The molecule has 0 radical (unpaired) electrons. The lowest BCUT2D eigenvalue weighted by molar-refractivity contribution is -0.137. The molecule has 2 bridgehead atoms. The van der Waals surface area contributed by atoms with Gasteiger partial charge in [-0.05, 0) is 42.8 Å². The van der Waals surface area contributed by atoms with Gasteiger partial charge in [0.1, 0.15) is 6.17 Å². The highest BCUT2D eigenvalue weighted by Crippen LogP contribution is 2.50. The van der Waals surface area contributed by atoms with Crippen LogP contribution in [0.5, 0.6) is 0 Å². The molecule has 0 aliphatic carbocycles. The van der Waals surface area contributed by atoms with Crippen molar-refractivity contribution in [3.8, 4) is 0 Å². The molecule has 4 nitrogen and oxygen atoms in total. The third-order valence-corrected chi connectivity index (χ3v) is 5.35. The van der Waals surface area contributed by atoms with E-state index < -0.39 is 47.9 Å². The first-order valence-corrected chi connectivity index (χ1v) is 8.94. The minimum Gasteiger partial charge on any atom is -0.370 e. The van der Waals surface area contributed by atoms with E-state index in [1.165, 1.54) is 12.1 Å². The molecule has 5 atom stereocenters. The van der Waals surface area contributed by atoms with Gasteiger partial charge in [-0.25, -0.2) is 4.39 Å². The number of aryl methyl sites for hydroxylation is 1. The minimum atomic E-state index is -4.51. The van der Waals surface area contributed by atoms with Crippen molar-refractivity contribution in [3.05, 3.63) is 59.4 Å². The van der Waals surface area contributed by atoms with E-state index >= 15 is 0 Å². The lowest BCUT2D eigenvalue weighted by Gasteiger charge is -2.29. The Morgan fingerprint density at radius 2 is 2.04 bits per heavy atom. The van der Waals surface area contributed by atoms with Crippen LogP contribution in [0.15, 0.2) is 42.6 Å². The summed E-state index contributed by atoms with van der Waals surface area (Å²) < 4.78 is 58.7. The highest BCUT2D eigenvalue weighted by molar-refractivity contribution is 5.94. The van der Waals surface area contributed by atoms with E-state index in [1.54, 1.807) is 25.3 Å². The lowest BCUT2D eigenvalue weighted by atomic mass is 9.74. The van der Waals surface area contributed by atoms with Gasteiger partial charge in [-0.1, -0.05) is 6.07 Å². The van der Waals surface area contributed by atoms with Crippen LogP contribution in [-0.4, -0.2) is 29.3 Å². The molecule has 0 spiro atoms. The molecule has 28 heavy (non-hydrogen) atoms. The van der Waals surface area contributed by atoms with Gasteiger partial charge in [0.25, 0.3) is 0 Å². The number of nitrogens with zero attached hydrogens (tertiary/aromatic N) is 1. The van der Waals surface area contributed by atoms with E-state index in [2.05, 4.69) is 10.3 Å². The zero-order valence-electron chi connectivity index (χ0n) is 14.9. The van der Waals surface area contributed by atoms with Gasteiger partial charge in [-0.3, -0.25) is 9.78 Å². The van der Waals surface area contributed by atoms with Gasteiger partial charge in [0.2, 0.25) is 5.91 Å². The van der Waals surface area contributed by atoms with Crippen molar-refractivity contribution in [1.29, 1.82) is 0 Å². The van der Waals surface area contributed by atoms with Crippen molar-refractivity contribution < 1.29 is 27.1 Å². The smallest absolute Gasteiger partial charge is 0.370 e. The Kier molecular flexibility index (Phi) is 4.61. The predicted molar refractivity (Wildman–Crippen MR) is 93.5 cm³/mol. The number of aromatic nitrogens is 1. The molecule has 0 saturated carbocycles. The zero-order chi connectivity index (χ0) is 20.1. The Hall–Kier alpha value is -2.48. The van der Waals surface area contributed by atoms with E-state index in [9.17, 15) is 22.4 Å². The molecule has 1 amide bonds. The number of carbonyl (C=O) groups excluding carboxylic acids is 1. The number of halogens is 4. The number of hydrogen-bond donors (Lipinski definition) is 1. The van der Waals surface area contributed by atoms with Crippen LogP contribution in [-0.2, 0) is 15.7 Å². The van der Waals surface area contributed by atoms with Crippen molar-refractivity contribution in [2.45, 2.75) is 43.8 Å². The largest absolute Gasteiger partial charge is 0.416 e. The summed E-state index contributed by atoms with van der Waals surface area (Å²) in [5, 5.41) is 2.55. The van der Waals surface area contributed by atoms with Gasteiger partial charge in [0.05, 0.1) is 23.7 Å². The van der Waals surface area contributed by atoms with Crippen LogP contribution in [0, 0.1) is 12.8 Å². The molecular weight excluding hydrogens is 376 g/mol. The first-order valence-electron chi connectivity index (χ1n) is 8.94. The fourth-order valence-electron chi connectivity index (χ4n) is 4.18. The van der Waals surface area contributed by atoms with Crippen LogP contribution in [0.25, 0.3) is 0 Å². The van der Waals surface area contributed by atoms with Crippen LogP contribution >= 0.6 is 0 Å². The fourth-order valence-corrected chi connectivity index (χ4v) is 4.18. The number of benzene rings is 1. The van der Waals surface area contributed by atoms with E-state index in [1.807, 2.05) is 0 Å². The molecule has 2 aliphatic heterocycles. The average Bonchev–Trinajstić information content (AvgIpc) is 3.18. The maximum absolute atomic E-state index is 14.3. The maximum atomic E-state index is 14.3. The molecule has 0 unspecified atom stereocenters. The summed E-state index contributed by atoms with van der Waals surface area (Å²) in [5.41, 5.74) is 0.669. The van der Waals surface area contributed by atoms with Crippen molar-refractivity contribution in [1.82, 2.24) is 4.98 Å². The van der Waals surface area contributed by atoms with E-state index in [4.69, 9.17) is 4.74 Å². The normalized spacial score (nSPS) is 29.1. The summed E-state index contributed by atoms with van der Waals surface area (Å²) in [6, 6.07) is 7.95. The van der Waals surface area contributed by atoms with Gasteiger partial charge in [0, 0.05) is 29.9 Å². The number of carbonyl (C=O) groups is 1. The van der Waals surface area contributed by atoms with E-state index in [0.29, 0.717) is 0 Å². The van der Waals surface area contributed by atoms with Gasteiger partial charge in [0.15, 0.2) is 0 Å². The van der Waals surface area contributed by atoms with E-state index in [0.717, 1.165) is 23.4 Å². The van der Waals surface area contributed by atoms with Gasteiger partial charge >= 0.3 is 6.18 Å². The van der Waals surface area contributed by atoms with Crippen molar-refractivity contribution >= 4 is 11.6 Å². The molecule has 1 N–H and O–H groups in total. The summed E-state index contributed by atoms with van der Waals surface area (Å²) in [6.45, 7) is 1.79. The molecule has 3 heterocycles. The number of alkyl halides is 4. The number of amides is 1. The number of anilines is 1. The quantitative estimate of drug-likeness (QED) is 0.792. The Bertz CT molecular complexity index is 902. The van der Waals surface area contributed by atoms with Crippen LogP contribution in [0.2, 0.25) is 0 Å². The van der Waals surface area contributed by atoms with Crippen LogP contribution < -0.4 is 5.32 Å². The molecule has 148 valence electrons. The highest BCUT2D eigenvalue weighted by Gasteiger charge is 2.57. The predicted octanol–water partition coefficient (Wildman–Crippen LogP) is 4.26. The summed E-state index contributed by atoms with van der Waals surface area (Å²) >= 11 is 0. The van der Waals surface area contributed by atoms with Crippen LogP contribution in [0.3, 0.4) is 0 Å². The average molecular weight is 394 g/mol. The van der Waals surface area contributed by atoms with Crippen LogP contribution in [0.1, 0.15) is 29.2 Å². The fraction of sp³-hybridized carbons (Fsp3) is 0.400. The topological polar surface area (TPSA) is 51.2 Å². The number of ether oxygens (including phenoxy) is 1. The van der Waals surface area contributed by atoms with Crippen molar-refractivity contribution in [3.63, 3.8) is 0 Å². The molecular formula is C20H18F4N2O2. The molecule has 2 aliphatic rings. The first-order chi connectivity index (χ1) is 13.2. The lowest BCUT2D eigenvalue weighted by Crippen LogP contribution is -2.39. The van der Waals surface area contributed by atoms with Crippen molar-refractivity contribution in [2.75, 3.05) is 5.32 Å². The second kappa shape index (κ2) is 6.84. The molecule has 2 fully saturated rings. The Morgan fingerprint density at radius 3 is 2.75 bits per heavy atom. The number of nitrogens with one attached hydrogen (secondary N) is 1. The highest BCUT2D eigenvalue weighted by atomic mass is 19.4. The number of hydrogen-bond acceptors (Lipinski definition) is 3. The molecule has 1 aromatic heterocycles. The van der Waals surface area contributed by atoms with Gasteiger partial charge < -0.3 is 10.1 Å². The number of pyridine rings is 1. The monoisotopic (exact) mass is 394 g/mol. The minimum absolute atomic E-state index is 0.0454. The Morgan fingerprint density at radius 1 is 1.25 bits per heavy atom. The van der Waals surface area contributed by atoms with Crippen molar-refractivity contribution in [2.24, 2.45) is 5.92 Å². The van der Waals surface area contributed by atoms with Gasteiger partial charge in [-0.15, -0.1) is 0 Å². The van der Waals surface area contributed by atoms with Crippen LogP contribution in [0.4, 0.5) is 23.2 Å². The summed E-state index contributed by atoms with van der Waals surface area (Å²) in [7, 11) is 0. The molecule has 1 aromatic carbocycles. The summed E-state index contributed by atoms with van der Waals surface area (Å²) in [4.78, 5) is 17.1. The van der Waals surface area contributed by atoms with E-state index in [-0.39, 0.29) is 12.1 Å². The second-order valence-corrected chi connectivity index (χ2v) is 7.24. The molecule has 4 rings (SSSR count). The SMILES string of the molecule is Cc1cc([C@H]2[C@H]3O[C@H](C[C@H]3F)[C@H]2C(=O)Nc2cccc(C(F)(F)F)c2)ccn1. The third kappa shape index (κ3) is 3.37.